The number of rotatable bonds is 2. The van der Waals surface area contributed by atoms with Gasteiger partial charge in [0.2, 0.25) is 0 Å². The summed E-state index contributed by atoms with van der Waals surface area (Å²) in [5.74, 6) is 0.560. The van der Waals surface area contributed by atoms with Crippen LogP contribution in [0.1, 0.15) is 25.3 Å². The molecule has 0 aliphatic carbocycles. The lowest BCUT2D eigenvalue weighted by atomic mass is 9.93. The number of aryl methyl sites for hydroxylation is 1. The van der Waals surface area contributed by atoms with E-state index in [9.17, 15) is 0 Å². The van der Waals surface area contributed by atoms with E-state index < -0.39 is 0 Å². The summed E-state index contributed by atoms with van der Waals surface area (Å²) in [6.45, 7) is 4.48. The van der Waals surface area contributed by atoms with Crippen LogP contribution in [0.4, 0.5) is 0 Å². The standard InChI is InChI=1S/C15H18N/c1-12(2)14-6-4-5-7-15(14)13-8-10-16(3)11-9-13/h4-12H,1-3H3/q+1. The summed E-state index contributed by atoms with van der Waals surface area (Å²) in [4.78, 5) is 0. The zero-order valence-electron chi connectivity index (χ0n) is 10.1. The first kappa shape index (κ1) is 10.9. The molecule has 0 saturated carbocycles. The van der Waals surface area contributed by atoms with Gasteiger partial charge >= 0.3 is 0 Å². The van der Waals surface area contributed by atoms with Crippen molar-refractivity contribution in [2.24, 2.45) is 7.05 Å². The summed E-state index contributed by atoms with van der Waals surface area (Å²) in [6, 6.07) is 13.0. The highest BCUT2D eigenvalue weighted by atomic mass is 14.9. The molecule has 1 aromatic carbocycles. The minimum atomic E-state index is 0.560. The van der Waals surface area contributed by atoms with E-state index in [4.69, 9.17) is 0 Å². The van der Waals surface area contributed by atoms with E-state index in [-0.39, 0.29) is 0 Å². The summed E-state index contributed by atoms with van der Waals surface area (Å²) in [5.41, 5.74) is 4.05. The van der Waals surface area contributed by atoms with Gasteiger partial charge < -0.3 is 0 Å². The second-order valence-electron chi connectivity index (χ2n) is 4.49. The third kappa shape index (κ3) is 2.13. The highest BCUT2D eigenvalue weighted by Gasteiger charge is 2.08. The van der Waals surface area contributed by atoms with Crippen LogP contribution in [-0.2, 0) is 7.05 Å². The number of aromatic nitrogens is 1. The quantitative estimate of drug-likeness (QED) is 0.672. The van der Waals surface area contributed by atoms with Crippen molar-refractivity contribution in [2.75, 3.05) is 0 Å². The van der Waals surface area contributed by atoms with Gasteiger partial charge in [0.1, 0.15) is 7.05 Å². The van der Waals surface area contributed by atoms with Gasteiger partial charge in [-0.1, -0.05) is 38.1 Å². The molecule has 0 fully saturated rings. The van der Waals surface area contributed by atoms with Crippen molar-refractivity contribution in [3.8, 4) is 11.1 Å². The minimum absolute atomic E-state index is 0.560. The summed E-state index contributed by atoms with van der Waals surface area (Å²) in [6.07, 6.45) is 4.18. The SMILES string of the molecule is CC(C)c1ccccc1-c1cc[n+](C)cc1. The van der Waals surface area contributed by atoms with E-state index in [1.807, 2.05) is 7.05 Å². The maximum Gasteiger partial charge on any atom is 0.169 e. The lowest BCUT2D eigenvalue weighted by molar-refractivity contribution is -0.671. The highest BCUT2D eigenvalue weighted by molar-refractivity contribution is 5.67. The average Bonchev–Trinajstić information content (AvgIpc) is 2.30. The van der Waals surface area contributed by atoms with Crippen LogP contribution in [0.25, 0.3) is 11.1 Å². The Morgan fingerprint density at radius 3 is 2.19 bits per heavy atom. The Bertz CT molecular complexity index is 469. The third-order valence-corrected chi connectivity index (χ3v) is 2.87. The van der Waals surface area contributed by atoms with Crippen molar-refractivity contribution in [1.29, 1.82) is 0 Å². The van der Waals surface area contributed by atoms with E-state index in [0.29, 0.717) is 5.92 Å². The zero-order chi connectivity index (χ0) is 11.5. The van der Waals surface area contributed by atoms with Crippen LogP contribution in [0, 0.1) is 0 Å². The van der Waals surface area contributed by atoms with Gasteiger partial charge in [0.25, 0.3) is 0 Å². The van der Waals surface area contributed by atoms with Gasteiger partial charge in [0.05, 0.1) is 0 Å². The molecule has 82 valence electrons. The van der Waals surface area contributed by atoms with Gasteiger partial charge in [0, 0.05) is 12.1 Å². The molecule has 16 heavy (non-hydrogen) atoms. The number of pyridine rings is 1. The lowest BCUT2D eigenvalue weighted by Crippen LogP contribution is -2.25. The maximum atomic E-state index is 2.24. The predicted octanol–water partition coefficient (Wildman–Crippen LogP) is 3.30. The molecule has 1 heteroatoms. The Morgan fingerprint density at radius 1 is 0.938 bits per heavy atom. The molecule has 1 heterocycles. The molecule has 1 nitrogen and oxygen atoms in total. The highest BCUT2D eigenvalue weighted by Crippen LogP contribution is 2.28. The molecule has 0 unspecified atom stereocenters. The van der Waals surface area contributed by atoms with Crippen LogP contribution in [0.2, 0.25) is 0 Å². The molecule has 2 aromatic rings. The topological polar surface area (TPSA) is 3.88 Å². The molecular weight excluding hydrogens is 194 g/mol. The number of benzene rings is 1. The first-order valence-electron chi connectivity index (χ1n) is 5.73. The van der Waals surface area contributed by atoms with E-state index in [1.165, 1.54) is 16.7 Å². The monoisotopic (exact) mass is 212 g/mol. The van der Waals surface area contributed by atoms with E-state index >= 15 is 0 Å². The van der Waals surface area contributed by atoms with Crippen molar-refractivity contribution in [3.05, 3.63) is 54.4 Å². The van der Waals surface area contributed by atoms with Gasteiger partial charge in [-0.25, -0.2) is 4.57 Å². The van der Waals surface area contributed by atoms with E-state index in [1.54, 1.807) is 0 Å². The Hall–Kier alpha value is -1.63. The smallest absolute Gasteiger partial charge is 0.169 e. The van der Waals surface area contributed by atoms with Crippen LogP contribution in [0.15, 0.2) is 48.8 Å². The normalized spacial score (nSPS) is 10.8. The zero-order valence-corrected chi connectivity index (χ0v) is 10.1. The molecule has 2 rings (SSSR count). The fourth-order valence-electron chi connectivity index (χ4n) is 1.94. The van der Waals surface area contributed by atoms with Gasteiger partial charge in [-0.3, -0.25) is 0 Å². The molecule has 0 amide bonds. The average molecular weight is 212 g/mol. The van der Waals surface area contributed by atoms with Crippen LogP contribution >= 0.6 is 0 Å². The van der Waals surface area contributed by atoms with Crippen molar-refractivity contribution < 1.29 is 4.57 Å². The fraction of sp³-hybridized carbons (Fsp3) is 0.267. The molecule has 0 spiro atoms. The first-order chi connectivity index (χ1) is 7.68. The Morgan fingerprint density at radius 2 is 1.56 bits per heavy atom. The first-order valence-corrected chi connectivity index (χ1v) is 5.73. The van der Waals surface area contributed by atoms with Crippen LogP contribution in [0.5, 0.6) is 0 Å². The van der Waals surface area contributed by atoms with Crippen molar-refractivity contribution >= 4 is 0 Å². The Kier molecular flexibility index (Phi) is 3.04. The molecular formula is C15H18N+. The predicted molar refractivity (Wildman–Crippen MR) is 67.1 cm³/mol. The molecule has 0 bridgehead atoms. The van der Waals surface area contributed by atoms with Gasteiger partial charge in [-0.2, -0.15) is 0 Å². The summed E-state index contributed by atoms with van der Waals surface area (Å²) >= 11 is 0. The second kappa shape index (κ2) is 4.48. The largest absolute Gasteiger partial charge is 0.208 e. The van der Waals surface area contributed by atoms with Gasteiger partial charge in [-0.05, 0) is 22.6 Å². The molecule has 0 saturated heterocycles. The summed E-state index contributed by atoms with van der Waals surface area (Å²) < 4.78 is 2.06. The van der Waals surface area contributed by atoms with Crippen LogP contribution < -0.4 is 4.57 Å². The number of hydrogen-bond donors (Lipinski definition) is 0. The van der Waals surface area contributed by atoms with Gasteiger partial charge in [-0.15, -0.1) is 0 Å². The van der Waals surface area contributed by atoms with Crippen LogP contribution in [0.3, 0.4) is 0 Å². The van der Waals surface area contributed by atoms with Crippen LogP contribution in [-0.4, -0.2) is 0 Å². The summed E-state index contributed by atoms with van der Waals surface area (Å²) in [7, 11) is 2.04. The molecule has 0 radical (unpaired) electrons. The van der Waals surface area contributed by atoms with Crippen molar-refractivity contribution in [2.45, 2.75) is 19.8 Å². The minimum Gasteiger partial charge on any atom is -0.208 e. The Labute approximate surface area is 97.4 Å². The lowest BCUT2D eigenvalue weighted by Gasteiger charge is -2.11. The number of hydrogen-bond acceptors (Lipinski definition) is 0. The summed E-state index contributed by atoms with van der Waals surface area (Å²) in [5, 5.41) is 0. The van der Waals surface area contributed by atoms with Crippen molar-refractivity contribution in [3.63, 3.8) is 0 Å². The number of nitrogens with zero attached hydrogens (tertiary/aromatic N) is 1. The third-order valence-electron chi connectivity index (χ3n) is 2.87. The fourth-order valence-corrected chi connectivity index (χ4v) is 1.94. The Balaban J connectivity index is 2.51. The molecule has 0 aliphatic heterocycles. The molecule has 0 atom stereocenters. The molecule has 0 aliphatic rings. The molecule has 1 aromatic heterocycles. The van der Waals surface area contributed by atoms with E-state index in [0.717, 1.165) is 0 Å². The van der Waals surface area contributed by atoms with Gasteiger partial charge in [0.15, 0.2) is 12.4 Å². The maximum absolute atomic E-state index is 2.24. The van der Waals surface area contributed by atoms with Crippen molar-refractivity contribution in [1.82, 2.24) is 0 Å². The van der Waals surface area contributed by atoms with E-state index in [2.05, 4.69) is 67.2 Å². The second-order valence-corrected chi connectivity index (χ2v) is 4.49. The molecule has 0 N–H and O–H groups in total.